The molecule has 0 saturated heterocycles. The molecule has 26 heavy (non-hydrogen) atoms. The van der Waals surface area contributed by atoms with Crippen molar-refractivity contribution in [1.82, 2.24) is 15.6 Å². The second kappa shape index (κ2) is 10.4. The maximum absolute atomic E-state index is 5.66. The normalized spacial score (nSPS) is 13.7. The van der Waals surface area contributed by atoms with E-state index in [0.717, 1.165) is 30.6 Å². The predicted molar refractivity (Wildman–Crippen MR) is 116 cm³/mol. The van der Waals surface area contributed by atoms with Gasteiger partial charge in [-0.25, -0.2) is 4.98 Å². The van der Waals surface area contributed by atoms with Crippen molar-refractivity contribution >= 4 is 29.9 Å². The number of nitrogens with one attached hydrogen (secondary N) is 2. The van der Waals surface area contributed by atoms with Crippen molar-refractivity contribution in [2.45, 2.75) is 32.9 Å². The summed E-state index contributed by atoms with van der Waals surface area (Å²) in [5, 5.41) is 6.64. The zero-order valence-corrected chi connectivity index (χ0v) is 17.7. The molecule has 1 heterocycles. The third kappa shape index (κ3) is 6.82. The van der Waals surface area contributed by atoms with Gasteiger partial charge in [0.1, 0.15) is 0 Å². The molecule has 0 spiro atoms. The molecule has 0 unspecified atom stereocenters. The number of aromatic nitrogens is 1. The molecule has 6 heteroatoms. The quantitative estimate of drug-likeness (QED) is 0.372. The van der Waals surface area contributed by atoms with E-state index in [1.54, 1.807) is 7.05 Å². The molecule has 0 amide bonds. The fourth-order valence-corrected chi connectivity index (χ4v) is 2.50. The Labute approximate surface area is 172 Å². The maximum atomic E-state index is 5.66. The van der Waals surface area contributed by atoms with Crippen LogP contribution in [0.2, 0.25) is 0 Å². The highest BCUT2D eigenvalue weighted by Gasteiger charge is 2.21. The predicted octanol–water partition coefficient (Wildman–Crippen LogP) is 3.66. The average Bonchev–Trinajstić information content (AvgIpc) is 3.45. The number of aliphatic imine (C=N–C) groups is 1. The van der Waals surface area contributed by atoms with Crippen LogP contribution in [0.4, 0.5) is 0 Å². The van der Waals surface area contributed by atoms with Crippen LogP contribution in [0.5, 0.6) is 5.88 Å². The lowest BCUT2D eigenvalue weighted by Crippen LogP contribution is -2.36. The number of hydrogen-bond donors (Lipinski definition) is 2. The fraction of sp³-hybridized carbons (Fsp3) is 0.400. The molecule has 2 aromatic rings. The molecule has 1 aliphatic rings. The van der Waals surface area contributed by atoms with Gasteiger partial charge in [0.15, 0.2) is 5.96 Å². The van der Waals surface area contributed by atoms with Crippen LogP contribution in [0.15, 0.2) is 47.6 Å². The van der Waals surface area contributed by atoms with E-state index in [1.165, 1.54) is 24.0 Å². The van der Waals surface area contributed by atoms with Crippen LogP contribution in [-0.4, -0.2) is 24.6 Å². The SMILES string of the molecule is CN=C(NCc1ccc(OCC2CC2)nc1)NCc1cccc(C)c1.I. The van der Waals surface area contributed by atoms with Crippen LogP contribution in [0.1, 0.15) is 29.5 Å². The first-order valence-corrected chi connectivity index (χ1v) is 8.81. The van der Waals surface area contributed by atoms with E-state index >= 15 is 0 Å². The molecule has 1 fully saturated rings. The highest BCUT2D eigenvalue weighted by molar-refractivity contribution is 14.0. The second-order valence-corrected chi connectivity index (χ2v) is 6.53. The third-order valence-electron chi connectivity index (χ3n) is 4.19. The van der Waals surface area contributed by atoms with Crippen LogP contribution >= 0.6 is 24.0 Å². The molecular formula is C20H27IN4O. The number of nitrogens with zero attached hydrogens (tertiary/aromatic N) is 2. The molecule has 0 atom stereocenters. The molecule has 0 radical (unpaired) electrons. The molecule has 1 aromatic heterocycles. The van der Waals surface area contributed by atoms with E-state index in [9.17, 15) is 0 Å². The number of ether oxygens (including phenoxy) is 1. The van der Waals surface area contributed by atoms with Gasteiger partial charge in [-0.15, -0.1) is 24.0 Å². The summed E-state index contributed by atoms with van der Waals surface area (Å²) in [6.45, 7) is 4.30. The fourth-order valence-electron chi connectivity index (χ4n) is 2.50. The van der Waals surface area contributed by atoms with Gasteiger partial charge in [-0.3, -0.25) is 4.99 Å². The summed E-state index contributed by atoms with van der Waals surface area (Å²) in [6, 6.07) is 12.4. The minimum absolute atomic E-state index is 0. The van der Waals surface area contributed by atoms with Crippen LogP contribution in [0.3, 0.4) is 0 Å². The molecule has 140 valence electrons. The Morgan fingerprint density at radius 3 is 2.54 bits per heavy atom. The van der Waals surface area contributed by atoms with Gasteiger partial charge in [-0.1, -0.05) is 35.9 Å². The minimum atomic E-state index is 0. The number of guanidine groups is 1. The van der Waals surface area contributed by atoms with Crippen molar-refractivity contribution in [3.05, 3.63) is 59.3 Å². The highest BCUT2D eigenvalue weighted by atomic mass is 127. The monoisotopic (exact) mass is 466 g/mol. The summed E-state index contributed by atoms with van der Waals surface area (Å²) in [4.78, 5) is 8.63. The van der Waals surface area contributed by atoms with Crippen LogP contribution in [0, 0.1) is 12.8 Å². The lowest BCUT2D eigenvalue weighted by molar-refractivity contribution is 0.288. The minimum Gasteiger partial charge on any atom is -0.477 e. The van der Waals surface area contributed by atoms with Gasteiger partial charge in [-0.05, 0) is 36.8 Å². The van der Waals surface area contributed by atoms with Crippen LogP contribution in [-0.2, 0) is 13.1 Å². The average molecular weight is 466 g/mol. The molecule has 1 aliphatic carbocycles. The van der Waals surface area contributed by atoms with Crippen molar-refractivity contribution < 1.29 is 4.74 Å². The van der Waals surface area contributed by atoms with Gasteiger partial charge in [0.25, 0.3) is 0 Å². The summed E-state index contributed by atoms with van der Waals surface area (Å²) in [6.07, 6.45) is 4.43. The van der Waals surface area contributed by atoms with Gasteiger partial charge in [-0.2, -0.15) is 0 Å². The molecular weight excluding hydrogens is 439 g/mol. The third-order valence-corrected chi connectivity index (χ3v) is 4.19. The maximum Gasteiger partial charge on any atom is 0.213 e. The van der Waals surface area contributed by atoms with Gasteiger partial charge in [0.2, 0.25) is 5.88 Å². The van der Waals surface area contributed by atoms with E-state index < -0.39 is 0 Å². The molecule has 5 nitrogen and oxygen atoms in total. The number of pyridine rings is 1. The second-order valence-electron chi connectivity index (χ2n) is 6.53. The van der Waals surface area contributed by atoms with E-state index in [-0.39, 0.29) is 24.0 Å². The largest absolute Gasteiger partial charge is 0.477 e. The number of rotatable bonds is 7. The Morgan fingerprint density at radius 2 is 1.92 bits per heavy atom. The van der Waals surface area contributed by atoms with Gasteiger partial charge in [0, 0.05) is 32.4 Å². The standard InChI is InChI=1S/C20H26N4O.HI/c1-15-4-3-5-17(10-15)11-23-20(21-2)24-13-18-8-9-19(22-12-18)25-14-16-6-7-16;/h3-5,8-10,12,16H,6-7,11,13-14H2,1-2H3,(H2,21,23,24);1H. The molecule has 0 bridgehead atoms. The summed E-state index contributed by atoms with van der Waals surface area (Å²) in [7, 11) is 1.78. The van der Waals surface area contributed by atoms with E-state index in [0.29, 0.717) is 12.4 Å². The lowest BCUT2D eigenvalue weighted by atomic mass is 10.1. The summed E-state index contributed by atoms with van der Waals surface area (Å²) in [5.74, 6) is 2.22. The van der Waals surface area contributed by atoms with Crippen molar-refractivity contribution in [2.75, 3.05) is 13.7 Å². The Balaban J connectivity index is 0.00000243. The number of hydrogen-bond acceptors (Lipinski definition) is 3. The number of benzene rings is 1. The zero-order valence-electron chi connectivity index (χ0n) is 15.4. The summed E-state index contributed by atoms with van der Waals surface area (Å²) >= 11 is 0. The number of aryl methyl sites for hydroxylation is 1. The van der Waals surface area contributed by atoms with Gasteiger partial charge >= 0.3 is 0 Å². The van der Waals surface area contributed by atoms with Gasteiger partial charge < -0.3 is 15.4 Å². The highest BCUT2D eigenvalue weighted by Crippen LogP contribution is 2.29. The first-order valence-electron chi connectivity index (χ1n) is 8.81. The smallest absolute Gasteiger partial charge is 0.213 e. The van der Waals surface area contributed by atoms with Crippen molar-refractivity contribution in [3.63, 3.8) is 0 Å². The summed E-state index contributed by atoms with van der Waals surface area (Å²) < 4.78 is 5.66. The van der Waals surface area contributed by atoms with Crippen LogP contribution in [0.25, 0.3) is 0 Å². The van der Waals surface area contributed by atoms with E-state index in [2.05, 4.69) is 51.8 Å². The van der Waals surface area contributed by atoms with E-state index in [1.807, 2.05) is 18.3 Å². The molecule has 1 saturated carbocycles. The first-order chi connectivity index (χ1) is 12.2. The molecule has 1 aromatic carbocycles. The topological polar surface area (TPSA) is 58.5 Å². The van der Waals surface area contributed by atoms with Crippen molar-refractivity contribution in [2.24, 2.45) is 10.9 Å². The molecule has 0 aliphatic heterocycles. The van der Waals surface area contributed by atoms with Crippen molar-refractivity contribution in [1.29, 1.82) is 0 Å². The van der Waals surface area contributed by atoms with Crippen LogP contribution < -0.4 is 15.4 Å². The summed E-state index contributed by atoms with van der Waals surface area (Å²) in [5.41, 5.74) is 3.59. The Morgan fingerprint density at radius 1 is 1.15 bits per heavy atom. The zero-order chi connectivity index (χ0) is 17.5. The first kappa shape index (κ1) is 20.5. The number of halogens is 1. The van der Waals surface area contributed by atoms with Crippen molar-refractivity contribution in [3.8, 4) is 5.88 Å². The Hall–Kier alpha value is -1.83. The lowest BCUT2D eigenvalue weighted by Gasteiger charge is -2.12. The van der Waals surface area contributed by atoms with E-state index in [4.69, 9.17) is 4.74 Å². The Bertz CT molecular complexity index is 714. The molecule has 2 N–H and O–H groups in total. The molecule has 3 rings (SSSR count). The van der Waals surface area contributed by atoms with Gasteiger partial charge in [0.05, 0.1) is 6.61 Å². The Kier molecular flexibility index (Phi) is 8.15.